The first-order valence-electron chi connectivity index (χ1n) is 5.48. The van der Waals surface area contributed by atoms with Crippen LogP contribution in [0, 0.1) is 0 Å². The van der Waals surface area contributed by atoms with Gasteiger partial charge in [-0.2, -0.15) is 0 Å². The number of urea groups is 1. The highest BCUT2D eigenvalue weighted by atomic mass is 16.2. The van der Waals surface area contributed by atoms with Gasteiger partial charge >= 0.3 is 6.03 Å². The number of carbonyl (C=O) groups excluding carboxylic acids is 1. The molecule has 4 N–H and O–H groups in total. The molecular formula is C12H19N3O. The lowest BCUT2D eigenvalue weighted by molar-refractivity contribution is 0.250. The van der Waals surface area contributed by atoms with Crippen molar-refractivity contribution < 1.29 is 4.79 Å². The molecule has 0 radical (unpaired) electrons. The van der Waals surface area contributed by atoms with Gasteiger partial charge in [-0.15, -0.1) is 0 Å². The van der Waals surface area contributed by atoms with Gasteiger partial charge in [0.15, 0.2) is 0 Å². The topological polar surface area (TPSA) is 67.2 Å². The highest BCUT2D eigenvalue weighted by molar-refractivity contribution is 5.90. The fourth-order valence-electron chi connectivity index (χ4n) is 1.42. The summed E-state index contributed by atoms with van der Waals surface area (Å²) < 4.78 is 0. The largest absolute Gasteiger partial charge is 0.398 e. The molecule has 1 aromatic rings. The average molecular weight is 221 g/mol. The lowest BCUT2D eigenvalue weighted by atomic mass is 10.1. The second-order valence-corrected chi connectivity index (χ2v) is 4.02. The molecular weight excluding hydrogens is 202 g/mol. The summed E-state index contributed by atoms with van der Waals surface area (Å²) in [5, 5.41) is 5.48. The Morgan fingerprint density at radius 1 is 1.44 bits per heavy atom. The maximum absolute atomic E-state index is 11.4. The van der Waals surface area contributed by atoms with E-state index in [-0.39, 0.29) is 12.1 Å². The number of aryl methyl sites for hydroxylation is 1. The quantitative estimate of drug-likeness (QED) is 0.686. The molecule has 0 unspecified atom stereocenters. The lowest BCUT2D eigenvalue weighted by Gasteiger charge is -2.11. The van der Waals surface area contributed by atoms with Crippen LogP contribution in [0.2, 0.25) is 0 Å². The summed E-state index contributed by atoms with van der Waals surface area (Å²) in [6, 6.07) is 5.47. The number of benzene rings is 1. The molecule has 1 aromatic carbocycles. The van der Waals surface area contributed by atoms with Gasteiger partial charge in [-0.05, 0) is 38.0 Å². The normalized spacial score (nSPS) is 10.2. The van der Waals surface area contributed by atoms with Crippen molar-refractivity contribution in [1.82, 2.24) is 5.32 Å². The molecule has 0 saturated carbocycles. The van der Waals surface area contributed by atoms with Crippen LogP contribution in [0.1, 0.15) is 26.3 Å². The molecule has 0 spiro atoms. The lowest BCUT2D eigenvalue weighted by Crippen LogP contribution is -2.34. The van der Waals surface area contributed by atoms with Gasteiger partial charge in [0.25, 0.3) is 0 Å². The summed E-state index contributed by atoms with van der Waals surface area (Å²) in [6.07, 6.45) is 0.893. The number of nitrogen functional groups attached to an aromatic ring is 1. The molecule has 88 valence electrons. The Balaban J connectivity index is 2.68. The molecule has 0 heterocycles. The monoisotopic (exact) mass is 221 g/mol. The van der Waals surface area contributed by atoms with Crippen molar-refractivity contribution in [3.05, 3.63) is 23.8 Å². The minimum absolute atomic E-state index is 0.118. The Morgan fingerprint density at radius 2 is 2.12 bits per heavy atom. The predicted molar refractivity (Wildman–Crippen MR) is 67.5 cm³/mol. The first-order chi connectivity index (χ1) is 7.52. The fraction of sp³-hybridized carbons (Fsp3) is 0.417. The van der Waals surface area contributed by atoms with Crippen LogP contribution in [0.15, 0.2) is 18.2 Å². The van der Waals surface area contributed by atoms with Crippen molar-refractivity contribution in [3.8, 4) is 0 Å². The van der Waals surface area contributed by atoms with Gasteiger partial charge in [-0.3, -0.25) is 0 Å². The van der Waals surface area contributed by atoms with Gasteiger partial charge in [0.1, 0.15) is 0 Å². The van der Waals surface area contributed by atoms with E-state index >= 15 is 0 Å². The van der Waals surface area contributed by atoms with E-state index in [1.165, 1.54) is 0 Å². The van der Waals surface area contributed by atoms with Gasteiger partial charge < -0.3 is 16.4 Å². The summed E-state index contributed by atoms with van der Waals surface area (Å²) >= 11 is 0. The van der Waals surface area contributed by atoms with Crippen LogP contribution in [0.25, 0.3) is 0 Å². The third-order valence-corrected chi connectivity index (χ3v) is 2.20. The third-order valence-electron chi connectivity index (χ3n) is 2.20. The maximum Gasteiger partial charge on any atom is 0.319 e. The predicted octanol–water partition coefficient (Wildman–Crippen LogP) is 2.36. The zero-order valence-corrected chi connectivity index (χ0v) is 10.0. The first-order valence-corrected chi connectivity index (χ1v) is 5.48. The fourth-order valence-corrected chi connectivity index (χ4v) is 1.42. The second kappa shape index (κ2) is 5.39. The molecule has 0 atom stereocenters. The molecule has 4 heteroatoms. The van der Waals surface area contributed by atoms with E-state index in [0.717, 1.165) is 12.0 Å². The van der Waals surface area contributed by atoms with Crippen molar-refractivity contribution in [2.75, 3.05) is 11.1 Å². The minimum atomic E-state index is -0.210. The Labute approximate surface area is 96.2 Å². The highest BCUT2D eigenvalue weighted by Crippen LogP contribution is 2.18. The van der Waals surface area contributed by atoms with E-state index < -0.39 is 0 Å². The molecule has 0 aromatic heterocycles. The Bertz CT molecular complexity index is 375. The van der Waals surface area contributed by atoms with Crippen LogP contribution in [0.5, 0.6) is 0 Å². The van der Waals surface area contributed by atoms with Crippen molar-refractivity contribution >= 4 is 17.4 Å². The van der Waals surface area contributed by atoms with E-state index in [0.29, 0.717) is 11.4 Å². The van der Waals surface area contributed by atoms with E-state index in [1.54, 1.807) is 6.07 Å². The number of hydrogen-bond acceptors (Lipinski definition) is 2. The minimum Gasteiger partial charge on any atom is -0.398 e. The van der Waals surface area contributed by atoms with E-state index in [9.17, 15) is 4.79 Å². The summed E-state index contributed by atoms with van der Waals surface area (Å²) in [7, 11) is 0. The van der Waals surface area contributed by atoms with E-state index in [4.69, 9.17) is 5.73 Å². The molecule has 0 aliphatic rings. The number of carbonyl (C=O) groups is 1. The summed E-state index contributed by atoms with van der Waals surface area (Å²) in [5.74, 6) is 0. The van der Waals surface area contributed by atoms with Gasteiger partial charge in [0.2, 0.25) is 0 Å². The molecule has 2 amide bonds. The Kier molecular flexibility index (Phi) is 4.17. The smallest absolute Gasteiger partial charge is 0.319 e. The Morgan fingerprint density at radius 3 is 2.62 bits per heavy atom. The van der Waals surface area contributed by atoms with Crippen LogP contribution >= 0.6 is 0 Å². The molecule has 1 rings (SSSR count). The number of anilines is 2. The van der Waals surface area contributed by atoms with Crippen LogP contribution in [0.4, 0.5) is 16.2 Å². The second-order valence-electron chi connectivity index (χ2n) is 4.02. The number of nitrogens with one attached hydrogen (secondary N) is 2. The van der Waals surface area contributed by atoms with Crippen molar-refractivity contribution in [1.29, 1.82) is 0 Å². The zero-order valence-electron chi connectivity index (χ0n) is 10.0. The van der Waals surface area contributed by atoms with Crippen LogP contribution < -0.4 is 16.4 Å². The molecule has 4 nitrogen and oxygen atoms in total. The average Bonchev–Trinajstić information content (AvgIpc) is 2.16. The van der Waals surface area contributed by atoms with Crippen molar-refractivity contribution in [2.24, 2.45) is 0 Å². The summed E-state index contributed by atoms with van der Waals surface area (Å²) in [5.41, 5.74) is 8.36. The van der Waals surface area contributed by atoms with Crippen LogP contribution in [-0.2, 0) is 6.42 Å². The van der Waals surface area contributed by atoms with Crippen molar-refractivity contribution in [3.63, 3.8) is 0 Å². The maximum atomic E-state index is 11.4. The summed E-state index contributed by atoms with van der Waals surface area (Å²) in [6.45, 7) is 5.87. The standard InChI is InChI=1S/C12H19N3O/c1-4-9-5-6-10(7-11(9)13)15-12(16)14-8(2)3/h5-8H,4,13H2,1-3H3,(H2,14,15,16). The van der Waals surface area contributed by atoms with Gasteiger partial charge in [-0.25, -0.2) is 4.79 Å². The first kappa shape index (κ1) is 12.4. The number of amides is 2. The van der Waals surface area contributed by atoms with Crippen LogP contribution in [-0.4, -0.2) is 12.1 Å². The number of hydrogen-bond donors (Lipinski definition) is 3. The molecule has 0 aliphatic heterocycles. The number of nitrogens with two attached hydrogens (primary N) is 1. The molecule has 0 saturated heterocycles. The highest BCUT2D eigenvalue weighted by Gasteiger charge is 2.04. The Hall–Kier alpha value is -1.71. The summed E-state index contributed by atoms with van der Waals surface area (Å²) in [4.78, 5) is 11.4. The third kappa shape index (κ3) is 3.46. The SMILES string of the molecule is CCc1ccc(NC(=O)NC(C)C)cc1N. The van der Waals surface area contributed by atoms with Crippen molar-refractivity contribution in [2.45, 2.75) is 33.2 Å². The zero-order chi connectivity index (χ0) is 12.1. The molecule has 16 heavy (non-hydrogen) atoms. The molecule has 0 fully saturated rings. The number of rotatable bonds is 3. The van der Waals surface area contributed by atoms with E-state index in [1.807, 2.05) is 32.9 Å². The van der Waals surface area contributed by atoms with Gasteiger partial charge in [0, 0.05) is 17.4 Å². The molecule has 0 aliphatic carbocycles. The van der Waals surface area contributed by atoms with E-state index in [2.05, 4.69) is 10.6 Å². The molecule has 0 bridgehead atoms. The van der Waals surface area contributed by atoms with Gasteiger partial charge in [-0.1, -0.05) is 13.0 Å². The van der Waals surface area contributed by atoms with Crippen LogP contribution in [0.3, 0.4) is 0 Å². The van der Waals surface area contributed by atoms with Gasteiger partial charge in [0.05, 0.1) is 0 Å².